The van der Waals surface area contributed by atoms with E-state index in [-0.39, 0.29) is 5.69 Å². The Hall–Kier alpha value is -1.36. The molecular formula is C14H22N2O3. The third kappa shape index (κ3) is 4.35. The number of hydrogen-bond donors (Lipinski definition) is 2. The van der Waals surface area contributed by atoms with Crippen LogP contribution in [0.1, 0.15) is 55.3 Å². The van der Waals surface area contributed by atoms with E-state index >= 15 is 0 Å². The molecule has 0 bridgehead atoms. The number of hydrogen-bond acceptors (Lipinski definition) is 4. The van der Waals surface area contributed by atoms with E-state index in [2.05, 4.69) is 17.4 Å². The van der Waals surface area contributed by atoms with E-state index in [4.69, 9.17) is 9.63 Å². The molecular weight excluding hydrogens is 244 g/mol. The van der Waals surface area contributed by atoms with Crippen LogP contribution in [0.4, 0.5) is 0 Å². The molecule has 0 radical (unpaired) electrons. The van der Waals surface area contributed by atoms with Gasteiger partial charge in [-0.3, -0.25) is 0 Å². The summed E-state index contributed by atoms with van der Waals surface area (Å²) in [5.41, 5.74) is -0.0297. The Morgan fingerprint density at radius 1 is 1.58 bits per heavy atom. The predicted molar refractivity (Wildman–Crippen MR) is 70.9 cm³/mol. The molecule has 106 valence electrons. The van der Waals surface area contributed by atoms with Gasteiger partial charge in [0.1, 0.15) is 0 Å². The highest BCUT2D eigenvalue weighted by Crippen LogP contribution is 2.30. The quantitative estimate of drug-likeness (QED) is 0.774. The molecule has 2 rings (SSSR count). The second kappa shape index (κ2) is 6.70. The molecule has 0 aliphatic heterocycles. The van der Waals surface area contributed by atoms with Gasteiger partial charge < -0.3 is 14.9 Å². The van der Waals surface area contributed by atoms with Gasteiger partial charge in [0.05, 0.1) is 6.54 Å². The molecule has 2 atom stereocenters. The largest absolute Gasteiger partial charge is 0.476 e. The van der Waals surface area contributed by atoms with Crippen LogP contribution in [0.2, 0.25) is 0 Å². The zero-order valence-corrected chi connectivity index (χ0v) is 11.4. The Balaban J connectivity index is 1.64. The fraction of sp³-hybridized carbons (Fsp3) is 0.714. The highest BCUT2D eigenvalue weighted by atomic mass is 16.5. The summed E-state index contributed by atoms with van der Waals surface area (Å²) < 4.78 is 4.94. The fourth-order valence-corrected chi connectivity index (χ4v) is 2.84. The zero-order chi connectivity index (χ0) is 13.7. The van der Waals surface area contributed by atoms with Crippen LogP contribution in [0.25, 0.3) is 0 Å². The molecule has 0 spiro atoms. The minimum absolute atomic E-state index is 0.0297. The molecule has 0 amide bonds. The molecule has 1 aliphatic carbocycles. The van der Waals surface area contributed by atoms with Crippen molar-refractivity contribution in [2.45, 2.75) is 45.6 Å². The zero-order valence-electron chi connectivity index (χ0n) is 11.4. The number of nitrogens with one attached hydrogen (secondary N) is 1. The lowest BCUT2D eigenvalue weighted by atomic mass is 9.81. The Morgan fingerprint density at radius 3 is 3.11 bits per heavy atom. The summed E-state index contributed by atoms with van der Waals surface area (Å²) in [5.74, 6) is 1.23. The smallest absolute Gasteiger partial charge is 0.358 e. The van der Waals surface area contributed by atoms with Gasteiger partial charge in [-0.25, -0.2) is 4.79 Å². The second-order valence-corrected chi connectivity index (χ2v) is 5.59. The van der Waals surface area contributed by atoms with Crippen LogP contribution < -0.4 is 5.32 Å². The third-order valence-electron chi connectivity index (χ3n) is 3.85. The van der Waals surface area contributed by atoms with Crippen LogP contribution in [0.15, 0.2) is 10.6 Å². The summed E-state index contributed by atoms with van der Waals surface area (Å²) in [5, 5.41) is 15.5. The van der Waals surface area contributed by atoms with Crippen molar-refractivity contribution in [1.82, 2.24) is 10.5 Å². The average molecular weight is 266 g/mol. The number of aromatic carboxylic acids is 1. The molecule has 1 aromatic heterocycles. The molecule has 5 heteroatoms. The number of nitrogens with zero attached hydrogens (tertiary/aromatic N) is 1. The SMILES string of the molecule is CC1CCCC(CCNCc2cc(C(=O)O)no2)C1. The van der Waals surface area contributed by atoms with E-state index in [1.54, 1.807) is 0 Å². The molecule has 1 heterocycles. The summed E-state index contributed by atoms with van der Waals surface area (Å²) in [6, 6.07) is 1.47. The van der Waals surface area contributed by atoms with Crippen LogP contribution in [-0.2, 0) is 6.54 Å². The van der Waals surface area contributed by atoms with E-state index < -0.39 is 5.97 Å². The molecule has 5 nitrogen and oxygen atoms in total. The van der Waals surface area contributed by atoms with E-state index in [1.807, 2.05) is 0 Å². The van der Waals surface area contributed by atoms with Crippen LogP contribution >= 0.6 is 0 Å². The highest BCUT2D eigenvalue weighted by Gasteiger charge is 2.18. The lowest BCUT2D eigenvalue weighted by Crippen LogP contribution is -2.20. The third-order valence-corrected chi connectivity index (χ3v) is 3.85. The second-order valence-electron chi connectivity index (χ2n) is 5.59. The van der Waals surface area contributed by atoms with E-state index in [0.29, 0.717) is 12.3 Å². The Kier molecular flexibility index (Phi) is 4.96. The van der Waals surface area contributed by atoms with Crippen molar-refractivity contribution in [2.24, 2.45) is 11.8 Å². The van der Waals surface area contributed by atoms with Crippen LogP contribution in [0.5, 0.6) is 0 Å². The molecule has 0 saturated heterocycles. The van der Waals surface area contributed by atoms with Crippen LogP contribution in [-0.4, -0.2) is 22.8 Å². The Morgan fingerprint density at radius 2 is 2.42 bits per heavy atom. The lowest BCUT2D eigenvalue weighted by molar-refractivity contribution is 0.0685. The first kappa shape index (κ1) is 14.1. The maximum atomic E-state index is 10.6. The first-order valence-corrected chi connectivity index (χ1v) is 7.04. The number of carboxylic acids is 1. The van der Waals surface area contributed by atoms with Crippen molar-refractivity contribution in [2.75, 3.05) is 6.54 Å². The Bertz CT molecular complexity index is 417. The molecule has 1 aliphatic rings. The average Bonchev–Trinajstić information content (AvgIpc) is 2.84. The highest BCUT2D eigenvalue weighted by molar-refractivity contribution is 5.85. The van der Waals surface area contributed by atoms with Gasteiger partial charge >= 0.3 is 5.97 Å². The van der Waals surface area contributed by atoms with Gasteiger partial charge in [-0.2, -0.15) is 0 Å². The van der Waals surface area contributed by atoms with E-state index in [1.165, 1.54) is 38.2 Å². The van der Waals surface area contributed by atoms with E-state index in [0.717, 1.165) is 18.4 Å². The van der Waals surface area contributed by atoms with Gasteiger partial charge in [-0.15, -0.1) is 0 Å². The summed E-state index contributed by atoms with van der Waals surface area (Å²) in [7, 11) is 0. The van der Waals surface area contributed by atoms with Crippen molar-refractivity contribution in [3.63, 3.8) is 0 Å². The van der Waals surface area contributed by atoms with E-state index in [9.17, 15) is 4.79 Å². The maximum absolute atomic E-state index is 10.6. The monoisotopic (exact) mass is 266 g/mol. The number of aromatic nitrogens is 1. The molecule has 1 saturated carbocycles. The maximum Gasteiger partial charge on any atom is 0.358 e. The standard InChI is InChI=1S/C14H22N2O3/c1-10-3-2-4-11(7-10)5-6-15-9-12-8-13(14(17)18)16-19-12/h8,10-11,15H,2-7,9H2,1H3,(H,17,18). The summed E-state index contributed by atoms with van der Waals surface area (Å²) >= 11 is 0. The van der Waals surface area contributed by atoms with Crippen molar-refractivity contribution < 1.29 is 14.4 Å². The minimum atomic E-state index is -1.05. The van der Waals surface area contributed by atoms with Gasteiger partial charge in [-0.05, 0) is 31.2 Å². The molecule has 0 aromatic carbocycles. The van der Waals surface area contributed by atoms with Crippen molar-refractivity contribution in [1.29, 1.82) is 0 Å². The normalized spacial score (nSPS) is 23.4. The van der Waals surface area contributed by atoms with Gasteiger partial charge in [0.15, 0.2) is 11.5 Å². The van der Waals surface area contributed by atoms with Crippen molar-refractivity contribution >= 4 is 5.97 Å². The topological polar surface area (TPSA) is 75.4 Å². The predicted octanol–water partition coefficient (Wildman–Crippen LogP) is 2.68. The van der Waals surface area contributed by atoms with Gasteiger partial charge in [0.2, 0.25) is 0 Å². The van der Waals surface area contributed by atoms with Gasteiger partial charge in [0, 0.05) is 6.07 Å². The van der Waals surface area contributed by atoms with Crippen LogP contribution in [0, 0.1) is 11.8 Å². The van der Waals surface area contributed by atoms with Crippen molar-refractivity contribution in [3.8, 4) is 0 Å². The molecule has 2 unspecified atom stereocenters. The first-order valence-electron chi connectivity index (χ1n) is 7.04. The summed E-state index contributed by atoms with van der Waals surface area (Å²) in [6.45, 7) is 3.82. The Labute approximate surface area is 113 Å². The summed E-state index contributed by atoms with van der Waals surface area (Å²) in [6.07, 6.45) is 6.60. The van der Waals surface area contributed by atoms with Crippen molar-refractivity contribution in [3.05, 3.63) is 17.5 Å². The number of carbonyl (C=O) groups is 1. The van der Waals surface area contributed by atoms with Crippen LogP contribution in [0.3, 0.4) is 0 Å². The fourth-order valence-electron chi connectivity index (χ4n) is 2.84. The first-order chi connectivity index (χ1) is 9.15. The van der Waals surface area contributed by atoms with Gasteiger partial charge in [0.25, 0.3) is 0 Å². The number of rotatable bonds is 6. The molecule has 1 aromatic rings. The molecule has 1 fully saturated rings. The number of carboxylic acid groups (broad SMARTS) is 1. The summed E-state index contributed by atoms with van der Waals surface area (Å²) in [4.78, 5) is 10.6. The van der Waals surface area contributed by atoms with Gasteiger partial charge in [-0.1, -0.05) is 31.3 Å². The molecule has 2 N–H and O–H groups in total. The lowest BCUT2D eigenvalue weighted by Gasteiger charge is -2.26. The molecule has 19 heavy (non-hydrogen) atoms. The minimum Gasteiger partial charge on any atom is -0.476 e.